The number of carboxylic acids is 1. The average Bonchev–Trinajstić information content (AvgIpc) is 3.38. The monoisotopic (exact) mass is 529 g/mol. The third-order valence-corrected chi connectivity index (χ3v) is 7.50. The van der Waals surface area contributed by atoms with Gasteiger partial charge < -0.3 is 14.6 Å². The van der Waals surface area contributed by atoms with Gasteiger partial charge in [-0.1, -0.05) is 17.7 Å². The van der Waals surface area contributed by atoms with Crippen molar-refractivity contribution in [2.45, 2.75) is 25.7 Å². The molecule has 3 heterocycles. The largest absolute Gasteiger partial charge is 0.481 e. The number of halogens is 1. The number of carbonyl (C=O) groups excluding carboxylic acids is 1. The summed E-state index contributed by atoms with van der Waals surface area (Å²) in [5.74, 6) is -1.04. The number of amides is 1. The average molecular weight is 530 g/mol. The highest BCUT2D eigenvalue weighted by Crippen LogP contribution is 2.37. The zero-order chi connectivity index (χ0) is 25.7. The molecule has 1 aliphatic rings. The Bertz CT molecular complexity index is 1210. The fourth-order valence-corrected chi connectivity index (χ4v) is 5.39. The van der Waals surface area contributed by atoms with Crippen LogP contribution < -0.4 is 9.64 Å². The van der Waals surface area contributed by atoms with Crippen LogP contribution in [-0.2, 0) is 14.3 Å². The smallest absolute Gasteiger partial charge is 0.304 e. The molecule has 0 bridgehead atoms. The first-order chi connectivity index (χ1) is 17.4. The molecule has 1 amide bonds. The molecule has 1 fully saturated rings. The minimum absolute atomic E-state index is 0.207. The second kappa shape index (κ2) is 11.8. The van der Waals surface area contributed by atoms with E-state index < -0.39 is 11.9 Å². The molecule has 0 radical (unpaired) electrons. The molecule has 1 aliphatic heterocycles. The number of aromatic nitrogens is 2. The first-order valence-corrected chi connectivity index (χ1v) is 12.9. The van der Waals surface area contributed by atoms with E-state index in [9.17, 15) is 14.7 Å². The summed E-state index contributed by atoms with van der Waals surface area (Å²) in [6, 6.07) is 9.24. The van der Waals surface area contributed by atoms with Crippen molar-refractivity contribution in [2.24, 2.45) is 11.8 Å². The molecule has 1 aromatic carbocycles. The van der Waals surface area contributed by atoms with Crippen LogP contribution in [0.2, 0.25) is 5.02 Å². The highest BCUT2D eigenvalue weighted by molar-refractivity contribution is 7.14. The summed E-state index contributed by atoms with van der Waals surface area (Å²) < 4.78 is 10.6. The number of carbonyl (C=O) groups is 2. The number of thiazole rings is 1. The van der Waals surface area contributed by atoms with E-state index in [4.69, 9.17) is 26.1 Å². The van der Waals surface area contributed by atoms with Crippen LogP contribution in [0.15, 0.2) is 41.9 Å². The van der Waals surface area contributed by atoms with Crippen LogP contribution in [0.5, 0.6) is 5.88 Å². The van der Waals surface area contributed by atoms with Crippen molar-refractivity contribution in [1.82, 2.24) is 9.97 Å². The van der Waals surface area contributed by atoms with Gasteiger partial charge in [0.1, 0.15) is 0 Å². The molecule has 0 saturated carbocycles. The van der Waals surface area contributed by atoms with E-state index in [2.05, 4.69) is 4.98 Å². The van der Waals surface area contributed by atoms with Crippen LogP contribution in [0, 0.1) is 11.8 Å². The number of hydrogen-bond donors (Lipinski definition) is 1. The predicted molar refractivity (Wildman–Crippen MR) is 140 cm³/mol. The number of ether oxygens (including phenoxy) is 2. The molecule has 1 atom stereocenters. The van der Waals surface area contributed by atoms with Gasteiger partial charge in [-0.05, 0) is 48.9 Å². The number of benzene rings is 1. The lowest BCUT2D eigenvalue weighted by molar-refractivity contribution is -0.141. The van der Waals surface area contributed by atoms with E-state index in [1.165, 1.54) is 16.2 Å². The Labute approximate surface area is 218 Å². The van der Waals surface area contributed by atoms with E-state index in [-0.39, 0.29) is 18.2 Å². The minimum atomic E-state index is -0.981. The van der Waals surface area contributed by atoms with E-state index in [0.29, 0.717) is 41.4 Å². The summed E-state index contributed by atoms with van der Waals surface area (Å²) in [4.78, 5) is 35.4. The molecule has 0 unspecified atom stereocenters. The maximum Gasteiger partial charge on any atom is 0.304 e. The number of carboxylic acid groups (broad SMARTS) is 1. The maximum absolute atomic E-state index is 13.4. The van der Waals surface area contributed by atoms with Crippen LogP contribution in [-0.4, -0.2) is 54.3 Å². The van der Waals surface area contributed by atoms with E-state index in [1.807, 2.05) is 23.6 Å². The quantitative estimate of drug-likeness (QED) is 0.395. The van der Waals surface area contributed by atoms with Crippen LogP contribution in [0.4, 0.5) is 5.13 Å². The Hall–Kier alpha value is -3.01. The molecule has 36 heavy (non-hydrogen) atoms. The second-order valence-corrected chi connectivity index (χ2v) is 10.1. The highest BCUT2D eigenvalue weighted by atomic mass is 35.5. The summed E-state index contributed by atoms with van der Waals surface area (Å²) >= 11 is 7.64. The first kappa shape index (κ1) is 26.1. The molecule has 8 nitrogen and oxygen atoms in total. The minimum Gasteiger partial charge on any atom is -0.481 e. The lowest BCUT2D eigenvalue weighted by atomic mass is 9.86. The Kier molecular flexibility index (Phi) is 8.56. The number of nitrogens with zero attached hydrogens (tertiary/aromatic N) is 3. The topological polar surface area (TPSA) is 102 Å². The lowest BCUT2D eigenvalue weighted by Gasteiger charge is -2.27. The van der Waals surface area contributed by atoms with Crippen molar-refractivity contribution in [3.05, 3.63) is 46.9 Å². The van der Waals surface area contributed by atoms with E-state index in [1.54, 1.807) is 32.5 Å². The van der Waals surface area contributed by atoms with E-state index >= 15 is 0 Å². The summed E-state index contributed by atoms with van der Waals surface area (Å²) in [5.41, 5.74) is 3.24. The van der Waals surface area contributed by atoms with Crippen molar-refractivity contribution in [3.8, 4) is 28.3 Å². The van der Waals surface area contributed by atoms with Crippen molar-refractivity contribution in [3.63, 3.8) is 0 Å². The van der Waals surface area contributed by atoms with Crippen molar-refractivity contribution in [1.29, 1.82) is 0 Å². The molecular formula is C26H28ClN3O5S. The van der Waals surface area contributed by atoms with Gasteiger partial charge in [0.2, 0.25) is 11.8 Å². The Morgan fingerprint density at radius 2 is 2.03 bits per heavy atom. The third kappa shape index (κ3) is 6.21. The van der Waals surface area contributed by atoms with Crippen LogP contribution in [0.3, 0.4) is 0 Å². The number of rotatable bonds is 9. The molecule has 3 aromatic rings. The van der Waals surface area contributed by atoms with Gasteiger partial charge in [-0.15, -0.1) is 11.3 Å². The molecule has 190 valence electrons. The number of pyridine rings is 1. The Balaban J connectivity index is 1.58. The van der Waals surface area contributed by atoms with Gasteiger partial charge in [-0.3, -0.25) is 14.5 Å². The Morgan fingerprint density at radius 3 is 2.69 bits per heavy atom. The molecule has 4 rings (SSSR count). The summed E-state index contributed by atoms with van der Waals surface area (Å²) in [6.45, 7) is 1.30. The second-order valence-electron chi connectivity index (χ2n) is 8.78. The van der Waals surface area contributed by atoms with Gasteiger partial charge in [0.15, 0.2) is 5.13 Å². The lowest BCUT2D eigenvalue weighted by Crippen LogP contribution is -2.35. The Morgan fingerprint density at radius 1 is 1.25 bits per heavy atom. The number of anilines is 1. The first-order valence-electron chi connectivity index (χ1n) is 11.7. The van der Waals surface area contributed by atoms with Crippen molar-refractivity contribution < 1.29 is 24.2 Å². The van der Waals surface area contributed by atoms with Gasteiger partial charge in [-0.2, -0.15) is 0 Å². The molecular weight excluding hydrogens is 502 g/mol. The van der Waals surface area contributed by atoms with Gasteiger partial charge in [0.25, 0.3) is 0 Å². The van der Waals surface area contributed by atoms with Gasteiger partial charge in [-0.25, -0.2) is 9.97 Å². The fourth-order valence-electron chi connectivity index (χ4n) is 4.42. The van der Waals surface area contributed by atoms with Crippen molar-refractivity contribution >= 4 is 39.9 Å². The standard InChI is InChI=1S/C26H28ClN3O5S/c1-30(25(33)18(12-24(31)32)11-16-7-9-35-10-8-16)26-29-22(15-36-26)21-13-19(27)4-5-20(21)17-3-6-23(34-2)28-14-17/h3-6,13-16,18H,7-12H2,1-2H3,(H,31,32)/t18-/m1/s1. The van der Waals surface area contributed by atoms with Crippen molar-refractivity contribution in [2.75, 3.05) is 32.3 Å². The maximum atomic E-state index is 13.4. The van der Waals surface area contributed by atoms with Gasteiger partial charge in [0.05, 0.1) is 19.2 Å². The third-order valence-electron chi connectivity index (χ3n) is 6.35. The van der Waals surface area contributed by atoms with E-state index in [0.717, 1.165) is 29.5 Å². The van der Waals surface area contributed by atoms with Gasteiger partial charge >= 0.3 is 5.97 Å². The molecule has 1 N–H and O–H groups in total. The molecule has 2 aromatic heterocycles. The fraction of sp³-hybridized carbons (Fsp3) is 0.385. The highest BCUT2D eigenvalue weighted by Gasteiger charge is 2.30. The zero-order valence-corrected chi connectivity index (χ0v) is 21.7. The molecule has 0 spiro atoms. The van der Waals surface area contributed by atoms with Crippen LogP contribution in [0.1, 0.15) is 25.7 Å². The van der Waals surface area contributed by atoms with Crippen LogP contribution in [0.25, 0.3) is 22.4 Å². The summed E-state index contributed by atoms with van der Waals surface area (Å²) in [6.07, 6.45) is 3.72. The van der Waals surface area contributed by atoms with Crippen LogP contribution >= 0.6 is 22.9 Å². The molecule has 1 saturated heterocycles. The number of hydrogen-bond acceptors (Lipinski definition) is 7. The normalized spacial score (nSPS) is 14.9. The molecule has 10 heteroatoms. The number of aliphatic carboxylic acids is 1. The summed E-state index contributed by atoms with van der Waals surface area (Å²) in [5, 5.41) is 12.4. The molecule has 0 aliphatic carbocycles. The van der Waals surface area contributed by atoms with Gasteiger partial charge in [0, 0.05) is 60.0 Å². The SMILES string of the molecule is COc1ccc(-c2ccc(Cl)cc2-c2csc(N(C)C(=O)[C@@H](CC(=O)O)CC3CCOCC3)n2)cn1. The number of methoxy groups -OCH3 is 1. The predicted octanol–water partition coefficient (Wildman–Crippen LogP) is 5.40. The summed E-state index contributed by atoms with van der Waals surface area (Å²) in [7, 11) is 3.21. The zero-order valence-electron chi connectivity index (χ0n) is 20.1.